The first-order chi connectivity index (χ1) is 8.74. The van der Waals surface area contributed by atoms with Crippen LogP contribution < -0.4 is 5.32 Å². The highest BCUT2D eigenvalue weighted by molar-refractivity contribution is 5.82. The van der Waals surface area contributed by atoms with Crippen LogP contribution in [0.5, 0.6) is 0 Å². The highest BCUT2D eigenvalue weighted by Crippen LogP contribution is 2.09. The van der Waals surface area contributed by atoms with E-state index < -0.39 is 0 Å². The zero-order valence-electron chi connectivity index (χ0n) is 11.0. The number of hydrogen-bond acceptors (Lipinski definition) is 2. The maximum atomic E-state index is 12.8. The molecule has 0 radical (unpaired) electrons. The Morgan fingerprint density at radius 2 is 2.00 bits per heavy atom. The smallest absolute Gasteiger partial charge is 0.123 e. The molecule has 1 atom stereocenters. The summed E-state index contributed by atoms with van der Waals surface area (Å²) in [7, 11) is 0. The lowest BCUT2D eigenvalue weighted by Crippen LogP contribution is -2.34. The van der Waals surface area contributed by atoms with Crippen molar-refractivity contribution >= 4 is 5.84 Å². The molecule has 1 aromatic carbocycles. The van der Waals surface area contributed by atoms with E-state index in [1.165, 1.54) is 31.4 Å². The summed E-state index contributed by atoms with van der Waals surface area (Å²) < 4.78 is 12.8. The van der Waals surface area contributed by atoms with Crippen molar-refractivity contribution in [2.75, 3.05) is 6.54 Å². The minimum Gasteiger partial charge on any atom is -0.371 e. The Balaban J connectivity index is 1.85. The molecule has 0 saturated carbocycles. The number of amidine groups is 1. The Bertz CT molecular complexity index is 397. The predicted octanol–water partition coefficient (Wildman–Crippen LogP) is 3.32. The van der Waals surface area contributed by atoms with Gasteiger partial charge in [0.25, 0.3) is 0 Å². The Labute approximate surface area is 108 Å². The third-order valence-electron chi connectivity index (χ3n) is 3.24. The van der Waals surface area contributed by atoms with E-state index >= 15 is 0 Å². The molecule has 18 heavy (non-hydrogen) atoms. The third kappa shape index (κ3) is 4.13. The molecule has 0 aliphatic carbocycles. The van der Waals surface area contributed by atoms with Gasteiger partial charge in [-0.2, -0.15) is 0 Å². The topological polar surface area (TPSA) is 24.4 Å². The van der Waals surface area contributed by atoms with Crippen LogP contribution in [0.3, 0.4) is 0 Å². The lowest BCUT2D eigenvalue weighted by Gasteiger charge is -2.16. The van der Waals surface area contributed by atoms with Gasteiger partial charge in [-0.25, -0.2) is 4.39 Å². The second kappa shape index (κ2) is 6.53. The van der Waals surface area contributed by atoms with Gasteiger partial charge in [0.1, 0.15) is 5.82 Å². The molecular weight excluding hydrogens is 227 g/mol. The molecule has 3 heteroatoms. The zero-order valence-corrected chi connectivity index (χ0v) is 11.0. The van der Waals surface area contributed by atoms with Crippen molar-refractivity contribution in [3.8, 4) is 0 Å². The molecule has 0 aromatic heterocycles. The molecule has 2 rings (SSSR count). The van der Waals surface area contributed by atoms with E-state index in [1.54, 1.807) is 0 Å². The van der Waals surface area contributed by atoms with Gasteiger partial charge in [0.2, 0.25) is 0 Å². The van der Waals surface area contributed by atoms with E-state index in [0.29, 0.717) is 6.04 Å². The molecular formula is C15H21FN2. The molecule has 0 saturated heterocycles. The van der Waals surface area contributed by atoms with Gasteiger partial charge in [0, 0.05) is 19.0 Å². The first-order valence-electron chi connectivity index (χ1n) is 6.78. The number of benzene rings is 1. The van der Waals surface area contributed by atoms with Crippen molar-refractivity contribution < 1.29 is 4.39 Å². The van der Waals surface area contributed by atoms with E-state index in [-0.39, 0.29) is 5.82 Å². The van der Waals surface area contributed by atoms with Gasteiger partial charge < -0.3 is 5.32 Å². The van der Waals surface area contributed by atoms with Crippen LogP contribution in [0.4, 0.5) is 4.39 Å². The average Bonchev–Trinajstić information content (AvgIpc) is 2.61. The summed E-state index contributed by atoms with van der Waals surface area (Å²) in [6, 6.07) is 7.08. The average molecular weight is 248 g/mol. The predicted molar refractivity (Wildman–Crippen MR) is 73.5 cm³/mol. The van der Waals surface area contributed by atoms with Gasteiger partial charge in [0.05, 0.1) is 5.84 Å². The number of hydrogen-bond donors (Lipinski definition) is 1. The lowest BCUT2D eigenvalue weighted by molar-refractivity contribution is 0.622. The summed E-state index contributed by atoms with van der Waals surface area (Å²) in [5, 5.41) is 3.48. The fraction of sp³-hybridized carbons (Fsp3) is 0.533. The van der Waals surface area contributed by atoms with Gasteiger partial charge >= 0.3 is 0 Å². The van der Waals surface area contributed by atoms with Crippen molar-refractivity contribution in [1.29, 1.82) is 0 Å². The molecule has 1 aliphatic rings. The van der Waals surface area contributed by atoms with Crippen molar-refractivity contribution in [1.82, 2.24) is 5.32 Å². The Kier molecular flexibility index (Phi) is 4.73. The maximum absolute atomic E-state index is 12.8. The molecule has 0 bridgehead atoms. The summed E-state index contributed by atoms with van der Waals surface area (Å²) in [5.41, 5.74) is 1.16. The Hall–Kier alpha value is -1.38. The van der Waals surface area contributed by atoms with E-state index in [0.717, 1.165) is 30.8 Å². The highest BCUT2D eigenvalue weighted by atomic mass is 19.1. The standard InChI is InChI=1S/C15H21FN2/c1-12(11-13-6-8-14(16)9-7-13)18-15-5-3-2-4-10-17-15/h6-9,12H,2-5,10-11H2,1H3,(H,17,18). The first-order valence-corrected chi connectivity index (χ1v) is 6.78. The van der Waals surface area contributed by atoms with Crippen LogP contribution >= 0.6 is 0 Å². The number of halogens is 1. The second-order valence-corrected chi connectivity index (χ2v) is 5.02. The molecule has 1 aromatic rings. The van der Waals surface area contributed by atoms with Crippen LogP contribution in [0.2, 0.25) is 0 Å². The van der Waals surface area contributed by atoms with Crippen LogP contribution in [0, 0.1) is 5.82 Å². The Morgan fingerprint density at radius 3 is 2.78 bits per heavy atom. The van der Waals surface area contributed by atoms with Gasteiger partial charge in [0.15, 0.2) is 0 Å². The minimum atomic E-state index is -0.174. The number of nitrogens with zero attached hydrogens (tertiary/aromatic N) is 1. The van der Waals surface area contributed by atoms with E-state index in [1.807, 2.05) is 12.1 Å². The number of aliphatic imine (C=N–C) groups is 1. The normalized spacial score (nSPS) is 17.8. The molecule has 1 heterocycles. The zero-order chi connectivity index (χ0) is 12.8. The summed E-state index contributed by atoms with van der Waals surface area (Å²) in [5.74, 6) is 0.967. The summed E-state index contributed by atoms with van der Waals surface area (Å²) in [6.45, 7) is 3.10. The van der Waals surface area contributed by atoms with Crippen LogP contribution in [-0.4, -0.2) is 18.4 Å². The molecule has 1 aliphatic heterocycles. The molecule has 0 spiro atoms. The highest BCUT2D eigenvalue weighted by Gasteiger charge is 2.08. The molecule has 0 amide bonds. The number of nitrogens with one attached hydrogen (secondary N) is 1. The fourth-order valence-corrected chi connectivity index (χ4v) is 2.30. The first kappa shape index (κ1) is 13.1. The minimum absolute atomic E-state index is 0.174. The quantitative estimate of drug-likeness (QED) is 0.872. The second-order valence-electron chi connectivity index (χ2n) is 5.02. The largest absolute Gasteiger partial charge is 0.371 e. The third-order valence-corrected chi connectivity index (χ3v) is 3.24. The molecule has 1 unspecified atom stereocenters. The maximum Gasteiger partial charge on any atom is 0.123 e. The Morgan fingerprint density at radius 1 is 1.22 bits per heavy atom. The molecule has 98 valence electrons. The summed E-state index contributed by atoms with van der Waals surface area (Å²) >= 11 is 0. The van der Waals surface area contributed by atoms with E-state index in [9.17, 15) is 4.39 Å². The van der Waals surface area contributed by atoms with Gasteiger partial charge in [-0.05, 0) is 43.9 Å². The molecule has 2 nitrogen and oxygen atoms in total. The van der Waals surface area contributed by atoms with Gasteiger partial charge in [-0.3, -0.25) is 4.99 Å². The van der Waals surface area contributed by atoms with Crippen molar-refractivity contribution in [3.05, 3.63) is 35.6 Å². The monoisotopic (exact) mass is 248 g/mol. The van der Waals surface area contributed by atoms with Crippen molar-refractivity contribution in [2.45, 2.75) is 45.1 Å². The SMILES string of the molecule is CC(Cc1ccc(F)cc1)NC1=NCCCCC1. The van der Waals surface area contributed by atoms with Crippen LogP contribution in [0.15, 0.2) is 29.3 Å². The van der Waals surface area contributed by atoms with Gasteiger partial charge in [-0.1, -0.05) is 18.6 Å². The van der Waals surface area contributed by atoms with E-state index in [4.69, 9.17) is 0 Å². The molecule has 0 fully saturated rings. The number of rotatable bonds is 3. The van der Waals surface area contributed by atoms with Crippen LogP contribution in [0.25, 0.3) is 0 Å². The van der Waals surface area contributed by atoms with Crippen molar-refractivity contribution in [3.63, 3.8) is 0 Å². The molecule has 1 N–H and O–H groups in total. The lowest BCUT2D eigenvalue weighted by atomic mass is 10.1. The summed E-state index contributed by atoms with van der Waals surface area (Å²) in [4.78, 5) is 4.56. The van der Waals surface area contributed by atoms with Crippen LogP contribution in [-0.2, 0) is 6.42 Å². The summed E-state index contributed by atoms with van der Waals surface area (Å²) in [6.07, 6.45) is 5.68. The van der Waals surface area contributed by atoms with E-state index in [2.05, 4.69) is 17.2 Å². The fourth-order valence-electron chi connectivity index (χ4n) is 2.30. The van der Waals surface area contributed by atoms with Gasteiger partial charge in [-0.15, -0.1) is 0 Å². The van der Waals surface area contributed by atoms with Crippen molar-refractivity contribution in [2.24, 2.45) is 4.99 Å². The van der Waals surface area contributed by atoms with Crippen LogP contribution in [0.1, 0.15) is 38.2 Å².